The van der Waals surface area contributed by atoms with E-state index in [9.17, 15) is 4.39 Å². The maximum atomic E-state index is 13.3. The minimum atomic E-state index is -0.271. The standard InChI is InChI=1S/C22H25FN4O2S/c1-25-21(15-6-8-16(23)9-7-15)24-27(22(25)30)14-26-12-4-5-19(26)18-11-10-17(28-2)13-20(18)29-3/h6-11,13,19H,4-5,12,14H2,1-3H3. The number of methoxy groups -OCH3 is 2. The number of likely N-dealkylation sites (tertiary alicyclic amines) is 1. The van der Waals surface area contributed by atoms with Crippen molar-refractivity contribution in [2.75, 3.05) is 20.8 Å². The van der Waals surface area contributed by atoms with Gasteiger partial charge in [-0.15, -0.1) is 0 Å². The highest BCUT2D eigenvalue weighted by Crippen LogP contribution is 2.39. The molecule has 0 bridgehead atoms. The molecule has 2 heterocycles. The summed E-state index contributed by atoms with van der Waals surface area (Å²) in [6.07, 6.45) is 2.12. The number of aromatic nitrogens is 3. The molecule has 1 aromatic heterocycles. The SMILES string of the molecule is COc1ccc(C2CCCN2Cn2nc(-c3ccc(F)cc3)n(C)c2=S)c(OC)c1. The van der Waals surface area contributed by atoms with Crippen LogP contribution in [0.5, 0.6) is 11.5 Å². The first-order chi connectivity index (χ1) is 14.5. The Balaban J connectivity index is 1.62. The van der Waals surface area contributed by atoms with E-state index in [2.05, 4.69) is 11.0 Å². The van der Waals surface area contributed by atoms with Crippen LogP contribution < -0.4 is 9.47 Å². The molecule has 0 spiro atoms. The summed E-state index contributed by atoms with van der Waals surface area (Å²) in [6.45, 7) is 1.53. The molecule has 2 aromatic carbocycles. The summed E-state index contributed by atoms with van der Waals surface area (Å²) < 4.78 is 28.6. The number of ether oxygens (including phenoxy) is 2. The first kappa shape index (κ1) is 20.6. The lowest BCUT2D eigenvalue weighted by Crippen LogP contribution is -2.27. The fourth-order valence-electron chi connectivity index (χ4n) is 4.04. The number of hydrogen-bond acceptors (Lipinski definition) is 5. The van der Waals surface area contributed by atoms with Crippen molar-refractivity contribution in [2.24, 2.45) is 7.05 Å². The molecule has 3 aromatic rings. The second-order valence-electron chi connectivity index (χ2n) is 7.39. The fourth-order valence-corrected chi connectivity index (χ4v) is 4.23. The molecular weight excluding hydrogens is 403 g/mol. The summed E-state index contributed by atoms with van der Waals surface area (Å²) in [5, 5.41) is 4.73. The van der Waals surface area contributed by atoms with Crippen molar-refractivity contribution in [2.45, 2.75) is 25.6 Å². The van der Waals surface area contributed by atoms with E-state index in [0.717, 1.165) is 47.8 Å². The van der Waals surface area contributed by atoms with Gasteiger partial charge in [-0.05, 0) is 55.4 Å². The van der Waals surface area contributed by atoms with Crippen LogP contribution >= 0.6 is 12.2 Å². The Morgan fingerprint density at radius 1 is 1.13 bits per heavy atom. The zero-order valence-corrected chi connectivity index (χ0v) is 18.2. The van der Waals surface area contributed by atoms with Gasteiger partial charge in [0.2, 0.25) is 0 Å². The van der Waals surface area contributed by atoms with Crippen molar-refractivity contribution in [3.63, 3.8) is 0 Å². The Morgan fingerprint density at radius 2 is 1.90 bits per heavy atom. The van der Waals surface area contributed by atoms with Gasteiger partial charge in [0.25, 0.3) is 0 Å². The molecule has 4 rings (SSSR count). The Hall–Kier alpha value is -2.71. The number of rotatable bonds is 6. The third-order valence-corrected chi connectivity index (χ3v) is 6.11. The van der Waals surface area contributed by atoms with Crippen molar-refractivity contribution in [1.82, 2.24) is 19.2 Å². The van der Waals surface area contributed by atoms with Crippen molar-refractivity contribution < 1.29 is 13.9 Å². The summed E-state index contributed by atoms with van der Waals surface area (Å²) in [5.41, 5.74) is 1.97. The largest absolute Gasteiger partial charge is 0.497 e. The topological polar surface area (TPSA) is 44.5 Å². The van der Waals surface area contributed by atoms with Gasteiger partial charge in [-0.3, -0.25) is 4.90 Å². The van der Waals surface area contributed by atoms with Crippen LogP contribution in [-0.4, -0.2) is 40.0 Å². The van der Waals surface area contributed by atoms with Gasteiger partial charge in [0.15, 0.2) is 10.6 Å². The molecule has 1 aliphatic heterocycles. The smallest absolute Gasteiger partial charge is 0.199 e. The van der Waals surface area contributed by atoms with E-state index in [1.165, 1.54) is 12.1 Å². The second-order valence-corrected chi connectivity index (χ2v) is 7.76. The van der Waals surface area contributed by atoms with Crippen molar-refractivity contribution >= 4 is 12.2 Å². The highest BCUT2D eigenvalue weighted by atomic mass is 32.1. The molecule has 1 atom stereocenters. The van der Waals surface area contributed by atoms with E-state index in [0.29, 0.717) is 11.4 Å². The number of nitrogens with zero attached hydrogens (tertiary/aromatic N) is 4. The van der Waals surface area contributed by atoms with E-state index < -0.39 is 0 Å². The lowest BCUT2D eigenvalue weighted by molar-refractivity contribution is 0.187. The van der Waals surface area contributed by atoms with Gasteiger partial charge >= 0.3 is 0 Å². The van der Waals surface area contributed by atoms with Crippen LogP contribution in [0.2, 0.25) is 0 Å². The monoisotopic (exact) mass is 428 g/mol. The molecule has 1 saturated heterocycles. The Morgan fingerprint density at radius 3 is 2.60 bits per heavy atom. The minimum Gasteiger partial charge on any atom is -0.497 e. The van der Waals surface area contributed by atoms with Crippen LogP contribution in [0.25, 0.3) is 11.4 Å². The van der Waals surface area contributed by atoms with Crippen LogP contribution in [0.4, 0.5) is 4.39 Å². The molecule has 158 valence electrons. The summed E-state index contributed by atoms with van der Waals surface area (Å²) in [6, 6.07) is 12.5. The second kappa shape index (κ2) is 8.57. The van der Waals surface area contributed by atoms with Crippen molar-refractivity contribution in [1.29, 1.82) is 0 Å². The van der Waals surface area contributed by atoms with Crippen LogP contribution in [0.1, 0.15) is 24.4 Å². The van der Waals surface area contributed by atoms with E-state index in [4.69, 9.17) is 26.8 Å². The summed E-state index contributed by atoms with van der Waals surface area (Å²) in [5.74, 6) is 2.05. The lowest BCUT2D eigenvalue weighted by atomic mass is 10.0. The van der Waals surface area contributed by atoms with E-state index in [1.54, 1.807) is 26.4 Å². The molecule has 0 saturated carbocycles. The van der Waals surface area contributed by atoms with Crippen molar-refractivity contribution in [3.05, 3.63) is 58.6 Å². The van der Waals surface area contributed by atoms with Gasteiger partial charge in [0.1, 0.15) is 17.3 Å². The molecule has 0 radical (unpaired) electrons. The quantitative estimate of drug-likeness (QED) is 0.538. The average Bonchev–Trinajstić information content (AvgIpc) is 3.34. The third-order valence-electron chi connectivity index (χ3n) is 5.62. The molecule has 1 unspecified atom stereocenters. The predicted octanol–water partition coefficient (Wildman–Crippen LogP) is 4.57. The molecule has 1 fully saturated rings. The highest BCUT2D eigenvalue weighted by Gasteiger charge is 2.29. The molecule has 1 aliphatic rings. The average molecular weight is 429 g/mol. The Labute approximate surface area is 180 Å². The number of hydrogen-bond donors (Lipinski definition) is 0. The predicted molar refractivity (Wildman–Crippen MR) is 116 cm³/mol. The van der Waals surface area contributed by atoms with Crippen LogP contribution in [0.15, 0.2) is 42.5 Å². The Kier molecular flexibility index (Phi) is 5.87. The third kappa shape index (κ3) is 3.85. The zero-order valence-electron chi connectivity index (χ0n) is 17.3. The zero-order chi connectivity index (χ0) is 21.3. The molecule has 8 heteroatoms. The van der Waals surface area contributed by atoms with Gasteiger partial charge in [-0.25, -0.2) is 9.07 Å². The lowest BCUT2D eigenvalue weighted by Gasteiger charge is -2.26. The normalized spacial score (nSPS) is 16.7. The number of benzene rings is 2. The highest BCUT2D eigenvalue weighted by molar-refractivity contribution is 7.71. The fraction of sp³-hybridized carbons (Fsp3) is 0.364. The van der Waals surface area contributed by atoms with E-state index >= 15 is 0 Å². The van der Waals surface area contributed by atoms with Gasteiger partial charge in [0.05, 0.1) is 20.9 Å². The first-order valence-electron chi connectivity index (χ1n) is 9.87. The van der Waals surface area contributed by atoms with E-state index in [-0.39, 0.29) is 11.9 Å². The summed E-state index contributed by atoms with van der Waals surface area (Å²) in [7, 11) is 5.22. The molecule has 0 amide bonds. The van der Waals surface area contributed by atoms with Crippen LogP contribution in [-0.2, 0) is 13.7 Å². The molecule has 6 nitrogen and oxygen atoms in total. The minimum absolute atomic E-state index is 0.212. The maximum absolute atomic E-state index is 13.3. The molecular formula is C22H25FN4O2S. The van der Waals surface area contributed by atoms with Crippen molar-refractivity contribution in [3.8, 4) is 22.9 Å². The maximum Gasteiger partial charge on any atom is 0.199 e. The van der Waals surface area contributed by atoms with Gasteiger partial charge in [0, 0.05) is 36.8 Å². The summed E-state index contributed by atoms with van der Waals surface area (Å²) in [4.78, 5) is 2.36. The number of halogens is 1. The van der Waals surface area contributed by atoms with Gasteiger partial charge < -0.3 is 14.0 Å². The Bertz CT molecular complexity index is 1090. The molecule has 0 N–H and O–H groups in total. The summed E-state index contributed by atoms with van der Waals surface area (Å²) >= 11 is 5.63. The van der Waals surface area contributed by atoms with Gasteiger partial charge in [-0.1, -0.05) is 6.07 Å². The van der Waals surface area contributed by atoms with Crippen LogP contribution in [0.3, 0.4) is 0 Å². The van der Waals surface area contributed by atoms with Crippen LogP contribution in [0, 0.1) is 10.6 Å². The first-order valence-corrected chi connectivity index (χ1v) is 10.3. The van der Waals surface area contributed by atoms with Gasteiger partial charge in [-0.2, -0.15) is 5.10 Å². The van der Waals surface area contributed by atoms with E-state index in [1.807, 2.05) is 28.4 Å². The molecule has 0 aliphatic carbocycles. The molecule has 30 heavy (non-hydrogen) atoms.